The number of carbonyl (C=O) groups excluding carboxylic acids is 1. The van der Waals surface area contributed by atoms with Gasteiger partial charge in [0.2, 0.25) is 0 Å². The number of amides is 1. The van der Waals surface area contributed by atoms with Crippen molar-refractivity contribution in [2.75, 3.05) is 6.61 Å². The molecule has 1 N–H and O–H groups in total. The number of nitrogens with zero attached hydrogens (tertiary/aromatic N) is 1. The molecule has 0 radical (unpaired) electrons. The molecule has 0 bridgehead atoms. The van der Waals surface area contributed by atoms with Crippen molar-refractivity contribution in [2.45, 2.75) is 0 Å². The fraction of sp³-hybridized carbons (Fsp3) is 0.0769. The molecule has 1 aromatic heterocycles. The fourth-order valence-corrected chi connectivity index (χ4v) is 2.02. The smallest absolute Gasteiger partial charge is 0.277 e. The van der Waals surface area contributed by atoms with Crippen LogP contribution in [-0.2, 0) is 4.79 Å². The molecule has 2 aromatic rings. The highest BCUT2D eigenvalue weighted by Crippen LogP contribution is 2.27. The van der Waals surface area contributed by atoms with Gasteiger partial charge in [-0.3, -0.25) is 4.79 Å². The highest BCUT2D eigenvalue weighted by atomic mass is 79.9. The number of halogens is 2. The number of hydrogen-bond acceptors (Lipinski definition) is 4. The monoisotopic (exact) mass is 356 g/mol. The summed E-state index contributed by atoms with van der Waals surface area (Å²) in [7, 11) is 0. The summed E-state index contributed by atoms with van der Waals surface area (Å²) in [5.74, 6) is 0.0487. The van der Waals surface area contributed by atoms with Gasteiger partial charge in [0.25, 0.3) is 5.91 Å². The van der Waals surface area contributed by atoms with Crippen molar-refractivity contribution in [1.29, 1.82) is 0 Å². The van der Waals surface area contributed by atoms with Gasteiger partial charge in [0.05, 0.1) is 23.8 Å². The number of furan rings is 1. The van der Waals surface area contributed by atoms with E-state index >= 15 is 0 Å². The van der Waals surface area contributed by atoms with Gasteiger partial charge in [-0.25, -0.2) is 5.43 Å². The molecule has 104 valence electrons. The van der Waals surface area contributed by atoms with Gasteiger partial charge in [-0.15, -0.1) is 0 Å². The van der Waals surface area contributed by atoms with Gasteiger partial charge < -0.3 is 9.15 Å². The average Bonchev–Trinajstić information content (AvgIpc) is 2.91. The lowest BCUT2D eigenvalue weighted by molar-refractivity contribution is -0.123. The van der Waals surface area contributed by atoms with E-state index in [0.29, 0.717) is 10.8 Å². The molecule has 0 saturated heterocycles. The number of hydrazone groups is 1. The topological polar surface area (TPSA) is 63.8 Å². The van der Waals surface area contributed by atoms with Crippen molar-refractivity contribution < 1.29 is 13.9 Å². The molecule has 0 spiro atoms. The Bertz CT molecular complexity index is 614. The highest BCUT2D eigenvalue weighted by Gasteiger charge is 2.05. The molecule has 0 fully saturated rings. The number of nitrogens with one attached hydrogen (secondary N) is 1. The molecule has 0 unspecified atom stereocenters. The molecule has 0 aliphatic rings. The Labute approximate surface area is 128 Å². The van der Waals surface area contributed by atoms with Crippen molar-refractivity contribution in [3.05, 3.63) is 51.9 Å². The first-order valence-corrected chi connectivity index (χ1v) is 6.74. The van der Waals surface area contributed by atoms with Crippen molar-refractivity contribution in [1.82, 2.24) is 5.43 Å². The van der Waals surface area contributed by atoms with Crippen molar-refractivity contribution in [3.8, 4) is 5.75 Å². The van der Waals surface area contributed by atoms with Crippen LogP contribution in [0.2, 0.25) is 5.02 Å². The summed E-state index contributed by atoms with van der Waals surface area (Å²) in [6, 6.07) is 6.85. The maximum absolute atomic E-state index is 11.5. The second kappa shape index (κ2) is 7.12. The Balaban J connectivity index is 1.80. The molecule has 2 rings (SSSR count). The van der Waals surface area contributed by atoms with E-state index in [9.17, 15) is 4.79 Å². The SMILES string of the molecule is O=C(COc1ccc(Br)cc1Cl)N/N=C/c1ccoc1. The second-order valence-electron chi connectivity index (χ2n) is 3.71. The molecular formula is C13H10BrClN2O3. The van der Waals surface area contributed by atoms with Crippen LogP contribution in [-0.4, -0.2) is 18.7 Å². The Morgan fingerprint density at radius 3 is 3.05 bits per heavy atom. The van der Waals surface area contributed by atoms with Gasteiger partial charge >= 0.3 is 0 Å². The van der Waals surface area contributed by atoms with Crippen LogP contribution in [0.3, 0.4) is 0 Å². The fourth-order valence-electron chi connectivity index (χ4n) is 1.30. The first-order chi connectivity index (χ1) is 9.65. The number of ether oxygens (including phenoxy) is 1. The normalized spacial score (nSPS) is 10.7. The van der Waals surface area contributed by atoms with Crippen LogP contribution in [0, 0.1) is 0 Å². The Hall–Kier alpha value is -1.79. The van der Waals surface area contributed by atoms with Crippen LogP contribution >= 0.6 is 27.5 Å². The molecule has 20 heavy (non-hydrogen) atoms. The summed E-state index contributed by atoms with van der Waals surface area (Å²) >= 11 is 9.24. The predicted octanol–water partition coefficient (Wildman–Crippen LogP) is 3.22. The summed E-state index contributed by atoms with van der Waals surface area (Å²) in [5.41, 5.74) is 3.09. The third kappa shape index (κ3) is 4.40. The van der Waals surface area contributed by atoms with E-state index in [0.717, 1.165) is 10.0 Å². The lowest BCUT2D eigenvalue weighted by Gasteiger charge is -2.06. The van der Waals surface area contributed by atoms with E-state index in [4.69, 9.17) is 20.8 Å². The predicted molar refractivity (Wildman–Crippen MR) is 79.1 cm³/mol. The van der Waals surface area contributed by atoms with Crippen molar-refractivity contribution in [3.63, 3.8) is 0 Å². The zero-order valence-electron chi connectivity index (χ0n) is 10.2. The third-order valence-electron chi connectivity index (χ3n) is 2.20. The molecule has 1 amide bonds. The van der Waals surface area contributed by atoms with Gasteiger partial charge in [-0.2, -0.15) is 5.10 Å². The van der Waals surface area contributed by atoms with Gasteiger partial charge in [0.1, 0.15) is 5.75 Å². The molecule has 0 atom stereocenters. The summed E-state index contributed by atoms with van der Waals surface area (Å²) in [4.78, 5) is 11.5. The van der Waals surface area contributed by atoms with Crippen LogP contribution in [0.15, 0.2) is 50.8 Å². The first-order valence-electron chi connectivity index (χ1n) is 5.57. The Morgan fingerprint density at radius 2 is 2.35 bits per heavy atom. The minimum absolute atomic E-state index is 0.177. The molecular weight excluding hydrogens is 348 g/mol. The Morgan fingerprint density at radius 1 is 1.50 bits per heavy atom. The maximum Gasteiger partial charge on any atom is 0.277 e. The average molecular weight is 358 g/mol. The maximum atomic E-state index is 11.5. The lowest BCUT2D eigenvalue weighted by Crippen LogP contribution is -2.24. The zero-order chi connectivity index (χ0) is 14.4. The molecule has 5 nitrogen and oxygen atoms in total. The molecule has 0 aliphatic heterocycles. The highest BCUT2D eigenvalue weighted by molar-refractivity contribution is 9.10. The lowest BCUT2D eigenvalue weighted by atomic mass is 10.3. The van der Waals surface area contributed by atoms with Crippen LogP contribution in [0.5, 0.6) is 5.75 Å². The molecule has 0 saturated carbocycles. The number of carbonyl (C=O) groups is 1. The summed E-state index contributed by atoms with van der Waals surface area (Å²) in [6.45, 7) is -0.177. The quantitative estimate of drug-likeness (QED) is 0.660. The van der Waals surface area contributed by atoms with Gasteiger partial charge in [-0.1, -0.05) is 27.5 Å². The third-order valence-corrected chi connectivity index (χ3v) is 2.99. The van der Waals surface area contributed by atoms with E-state index in [1.807, 2.05) is 0 Å². The minimum atomic E-state index is -0.385. The van der Waals surface area contributed by atoms with Crippen molar-refractivity contribution >= 4 is 39.7 Å². The molecule has 7 heteroatoms. The number of rotatable bonds is 5. The van der Waals surface area contributed by atoms with Crippen LogP contribution in [0.1, 0.15) is 5.56 Å². The van der Waals surface area contributed by atoms with Crippen LogP contribution in [0.25, 0.3) is 0 Å². The van der Waals surface area contributed by atoms with Crippen molar-refractivity contribution in [2.24, 2.45) is 5.10 Å². The summed E-state index contributed by atoms with van der Waals surface area (Å²) < 4.78 is 11.0. The zero-order valence-corrected chi connectivity index (χ0v) is 12.5. The first kappa shape index (κ1) is 14.6. The standard InChI is InChI=1S/C13H10BrClN2O3/c14-10-1-2-12(11(15)5-10)20-8-13(18)17-16-6-9-3-4-19-7-9/h1-7H,8H2,(H,17,18)/b16-6+. The van der Waals surface area contributed by atoms with E-state index in [1.165, 1.54) is 18.7 Å². The largest absolute Gasteiger partial charge is 0.482 e. The second-order valence-corrected chi connectivity index (χ2v) is 5.04. The summed E-state index contributed by atoms with van der Waals surface area (Å²) in [5, 5.41) is 4.18. The van der Waals surface area contributed by atoms with Crippen LogP contribution < -0.4 is 10.2 Å². The minimum Gasteiger partial charge on any atom is -0.482 e. The van der Waals surface area contributed by atoms with E-state index < -0.39 is 0 Å². The summed E-state index contributed by atoms with van der Waals surface area (Å²) in [6.07, 6.45) is 4.49. The molecule has 1 heterocycles. The molecule has 0 aliphatic carbocycles. The number of benzene rings is 1. The van der Waals surface area contributed by atoms with E-state index in [2.05, 4.69) is 26.5 Å². The van der Waals surface area contributed by atoms with E-state index in [-0.39, 0.29) is 12.5 Å². The van der Waals surface area contributed by atoms with Gasteiger partial charge in [0, 0.05) is 10.0 Å². The molecule has 1 aromatic carbocycles. The number of hydrogen-bond donors (Lipinski definition) is 1. The van der Waals surface area contributed by atoms with Gasteiger partial charge in [0.15, 0.2) is 6.61 Å². The van der Waals surface area contributed by atoms with Crippen LogP contribution in [0.4, 0.5) is 0 Å². The van der Waals surface area contributed by atoms with E-state index in [1.54, 1.807) is 24.3 Å². The Kier molecular flexibility index (Phi) is 5.20. The van der Waals surface area contributed by atoms with Gasteiger partial charge in [-0.05, 0) is 24.3 Å².